The fraction of sp³-hybridized carbons (Fsp3) is 0.0833. The second kappa shape index (κ2) is 6.17. The number of nitrogens with one attached hydrogen (secondary N) is 1. The third-order valence-corrected chi connectivity index (χ3v) is 5.22. The molecule has 0 bridgehead atoms. The molecule has 21 heavy (non-hydrogen) atoms. The van der Waals surface area contributed by atoms with Crippen LogP contribution in [0, 0.1) is 10.1 Å². The maximum Gasteiger partial charge on any atom is 0.269 e. The van der Waals surface area contributed by atoms with Gasteiger partial charge in [0.05, 0.1) is 16.1 Å². The van der Waals surface area contributed by atoms with Crippen LogP contribution >= 0.6 is 18.7 Å². The molecule has 0 aliphatic carbocycles. The van der Waals surface area contributed by atoms with E-state index in [0.717, 1.165) is 12.1 Å². The molecule has 0 aliphatic rings. The summed E-state index contributed by atoms with van der Waals surface area (Å²) in [4.78, 5) is 32.0. The van der Waals surface area contributed by atoms with Gasteiger partial charge in [0.1, 0.15) is 0 Å². The van der Waals surface area contributed by atoms with Crippen molar-refractivity contribution in [1.82, 2.24) is 5.32 Å². The molecule has 0 fully saturated rings. The lowest BCUT2D eigenvalue weighted by Crippen LogP contribution is -2.26. The minimum atomic E-state index is -3.80. The third-order valence-electron chi connectivity index (χ3n) is 2.66. The normalized spacial score (nSPS) is 13.4. The van der Waals surface area contributed by atoms with Crippen LogP contribution in [-0.4, -0.2) is 22.0 Å². The zero-order valence-corrected chi connectivity index (χ0v) is 12.3. The Hall–Kier alpha value is -2.02. The van der Waals surface area contributed by atoms with Crippen molar-refractivity contribution in [3.05, 3.63) is 56.8 Å². The predicted molar refractivity (Wildman–Crippen MR) is 79.2 cm³/mol. The van der Waals surface area contributed by atoms with Crippen LogP contribution in [-0.2, 0) is 4.57 Å². The van der Waals surface area contributed by atoms with Crippen LogP contribution in [0.4, 0.5) is 5.69 Å². The third kappa shape index (κ3) is 3.75. The van der Waals surface area contributed by atoms with E-state index >= 15 is 0 Å². The molecule has 0 aliphatic heterocycles. The van der Waals surface area contributed by atoms with Crippen molar-refractivity contribution in [1.29, 1.82) is 0 Å². The number of carbonyl (C=O) groups excluding carboxylic acids is 1. The average molecular weight is 326 g/mol. The summed E-state index contributed by atoms with van der Waals surface area (Å²) in [6.07, 6.45) is -0.429. The number of hydrogen-bond acceptors (Lipinski definition) is 5. The molecule has 1 unspecified atom stereocenters. The number of benzene rings is 1. The highest BCUT2D eigenvalue weighted by Crippen LogP contribution is 2.38. The molecular formula is C12H11N2O5PS. The first-order valence-corrected chi connectivity index (χ1v) is 8.51. The molecule has 0 saturated carbocycles. The maximum atomic E-state index is 12.1. The molecule has 110 valence electrons. The number of nitro groups is 1. The Morgan fingerprint density at radius 3 is 2.52 bits per heavy atom. The fourth-order valence-electron chi connectivity index (χ4n) is 1.57. The number of non-ortho nitro benzene ring substituents is 1. The summed E-state index contributed by atoms with van der Waals surface area (Å²) in [6, 6.07) is 8.05. The highest BCUT2D eigenvalue weighted by molar-refractivity contribution is 7.66. The number of hydrogen-bond donors (Lipinski definition) is 2. The monoisotopic (exact) mass is 326 g/mol. The molecule has 1 aromatic heterocycles. The van der Waals surface area contributed by atoms with Gasteiger partial charge in [-0.3, -0.25) is 19.5 Å². The Morgan fingerprint density at radius 2 is 2.00 bits per heavy atom. The van der Waals surface area contributed by atoms with Crippen molar-refractivity contribution >= 4 is 35.6 Å². The van der Waals surface area contributed by atoms with E-state index in [4.69, 9.17) is 0 Å². The van der Waals surface area contributed by atoms with Crippen LogP contribution in [0.1, 0.15) is 9.67 Å². The summed E-state index contributed by atoms with van der Waals surface area (Å²) in [7, 11) is -3.80. The smallest absolute Gasteiger partial charge is 0.269 e. The van der Waals surface area contributed by atoms with Crippen molar-refractivity contribution in [3.8, 4) is 0 Å². The van der Waals surface area contributed by atoms with Crippen LogP contribution in [0.3, 0.4) is 0 Å². The zero-order valence-electron chi connectivity index (χ0n) is 10.6. The SMILES string of the molecule is O=C(NCP(=O)(O)c1ccc([N+](=O)[O-])cc1)c1cccs1. The van der Waals surface area contributed by atoms with Gasteiger partial charge >= 0.3 is 0 Å². The summed E-state index contributed by atoms with van der Waals surface area (Å²) >= 11 is 1.22. The first-order chi connectivity index (χ1) is 9.90. The van der Waals surface area contributed by atoms with E-state index in [1.165, 1.54) is 23.5 Å². The molecule has 1 amide bonds. The van der Waals surface area contributed by atoms with E-state index in [1.54, 1.807) is 17.5 Å². The summed E-state index contributed by atoms with van der Waals surface area (Å²) in [5, 5.41) is 14.7. The summed E-state index contributed by atoms with van der Waals surface area (Å²) in [5.74, 6) is -0.429. The van der Waals surface area contributed by atoms with Crippen LogP contribution in [0.2, 0.25) is 0 Å². The highest BCUT2D eigenvalue weighted by atomic mass is 32.1. The second-order valence-electron chi connectivity index (χ2n) is 4.12. The number of nitrogens with zero attached hydrogens (tertiary/aromatic N) is 1. The van der Waals surface area contributed by atoms with Gasteiger partial charge in [-0.1, -0.05) is 6.07 Å². The molecule has 2 N–H and O–H groups in total. The number of thiophene rings is 1. The molecule has 1 atom stereocenters. The largest absolute Gasteiger partial charge is 0.342 e. The quantitative estimate of drug-likeness (QED) is 0.496. The van der Waals surface area contributed by atoms with Gasteiger partial charge in [-0.05, 0) is 23.6 Å². The van der Waals surface area contributed by atoms with E-state index < -0.39 is 24.5 Å². The van der Waals surface area contributed by atoms with Gasteiger partial charge in [-0.25, -0.2) is 0 Å². The zero-order chi connectivity index (χ0) is 15.5. The first-order valence-electron chi connectivity index (χ1n) is 5.79. The molecule has 1 aromatic carbocycles. The second-order valence-corrected chi connectivity index (χ2v) is 7.30. The maximum absolute atomic E-state index is 12.1. The number of rotatable bonds is 5. The van der Waals surface area contributed by atoms with Crippen LogP contribution < -0.4 is 10.6 Å². The molecule has 1 heterocycles. The number of amides is 1. The van der Waals surface area contributed by atoms with Crippen LogP contribution in [0.25, 0.3) is 0 Å². The van der Waals surface area contributed by atoms with Crippen molar-refractivity contribution in [3.63, 3.8) is 0 Å². The molecule has 2 rings (SSSR count). The molecular weight excluding hydrogens is 315 g/mol. The van der Waals surface area contributed by atoms with Gasteiger partial charge in [0.2, 0.25) is 7.37 Å². The summed E-state index contributed by atoms with van der Waals surface area (Å²) in [6.45, 7) is 0. The lowest BCUT2D eigenvalue weighted by Gasteiger charge is -2.12. The van der Waals surface area contributed by atoms with E-state index in [-0.39, 0.29) is 11.0 Å². The standard InChI is InChI=1S/C12H11N2O5PS/c15-12(11-2-1-7-21-11)13-8-20(18,19)10-5-3-9(4-6-10)14(16)17/h1-7H,8H2,(H,13,15)(H,18,19). The Balaban J connectivity index is 2.06. The Bertz CT molecular complexity index is 699. The van der Waals surface area contributed by atoms with E-state index in [0.29, 0.717) is 4.88 Å². The van der Waals surface area contributed by atoms with Crippen LogP contribution in [0.15, 0.2) is 41.8 Å². The Labute approximate surface area is 123 Å². The van der Waals surface area contributed by atoms with Crippen LogP contribution in [0.5, 0.6) is 0 Å². The summed E-state index contributed by atoms with van der Waals surface area (Å²) < 4.78 is 12.1. The van der Waals surface area contributed by atoms with Crippen molar-refractivity contribution < 1.29 is 19.2 Å². The van der Waals surface area contributed by atoms with Crippen molar-refractivity contribution in [2.75, 3.05) is 6.29 Å². The average Bonchev–Trinajstić information content (AvgIpc) is 2.99. The molecule has 9 heteroatoms. The first kappa shape index (κ1) is 15.4. The van der Waals surface area contributed by atoms with Gasteiger partial charge < -0.3 is 10.2 Å². The van der Waals surface area contributed by atoms with Gasteiger partial charge in [0.25, 0.3) is 11.6 Å². The van der Waals surface area contributed by atoms with Crippen molar-refractivity contribution in [2.24, 2.45) is 0 Å². The molecule has 0 radical (unpaired) electrons. The Kier molecular flexibility index (Phi) is 4.52. The molecule has 2 aromatic rings. The predicted octanol–water partition coefficient (Wildman–Crippen LogP) is 1.94. The van der Waals surface area contributed by atoms with Crippen molar-refractivity contribution in [2.45, 2.75) is 0 Å². The lowest BCUT2D eigenvalue weighted by atomic mass is 10.3. The topological polar surface area (TPSA) is 110 Å². The number of carbonyl (C=O) groups is 1. The fourth-order valence-corrected chi connectivity index (χ4v) is 3.37. The summed E-state index contributed by atoms with van der Waals surface area (Å²) in [5.41, 5.74) is -0.165. The Morgan fingerprint density at radius 1 is 1.33 bits per heavy atom. The lowest BCUT2D eigenvalue weighted by molar-refractivity contribution is -0.384. The molecule has 0 saturated heterocycles. The molecule has 0 spiro atoms. The molecule has 7 nitrogen and oxygen atoms in total. The van der Waals surface area contributed by atoms with Gasteiger partial charge in [0, 0.05) is 17.4 Å². The minimum absolute atomic E-state index is 0.0552. The highest BCUT2D eigenvalue weighted by Gasteiger charge is 2.23. The van der Waals surface area contributed by atoms with E-state index in [2.05, 4.69) is 5.32 Å². The van der Waals surface area contributed by atoms with E-state index in [9.17, 15) is 24.4 Å². The van der Waals surface area contributed by atoms with Gasteiger partial charge in [-0.2, -0.15) is 0 Å². The number of nitro benzene ring substituents is 1. The van der Waals surface area contributed by atoms with Gasteiger partial charge in [0.15, 0.2) is 0 Å². The van der Waals surface area contributed by atoms with E-state index in [1.807, 2.05) is 0 Å². The minimum Gasteiger partial charge on any atom is -0.342 e. The van der Waals surface area contributed by atoms with Gasteiger partial charge in [-0.15, -0.1) is 11.3 Å².